The lowest BCUT2D eigenvalue weighted by Crippen LogP contribution is -2.21. The first kappa shape index (κ1) is 17.9. The highest BCUT2D eigenvalue weighted by molar-refractivity contribution is 5.85. The molecule has 0 spiro atoms. The summed E-state index contributed by atoms with van der Waals surface area (Å²) in [6, 6.07) is 14.9. The number of nitrogens with zero attached hydrogens (tertiary/aromatic N) is 1. The third-order valence-electron chi connectivity index (χ3n) is 3.16. The number of nitro benzene ring substituents is 1. The van der Waals surface area contributed by atoms with Crippen LogP contribution in [0.25, 0.3) is 0 Å². The van der Waals surface area contributed by atoms with Gasteiger partial charge in [-0.2, -0.15) is 0 Å². The standard InChI is InChI=1S/C16H19N3O2.ClH/c1-13-2-4-14(5-3-13)12-17-10-11-18-15-6-8-16(9-7-15)19(20)21;/h2-9,17-18H,10-12H2,1H3;1H. The van der Waals surface area contributed by atoms with Gasteiger partial charge >= 0.3 is 0 Å². The van der Waals surface area contributed by atoms with Crippen molar-refractivity contribution in [2.45, 2.75) is 13.5 Å². The zero-order valence-electron chi connectivity index (χ0n) is 12.4. The highest BCUT2D eigenvalue weighted by Gasteiger charge is 2.03. The van der Waals surface area contributed by atoms with Crippen molar-refractivity contribution in [3.63, 3.8) is 0 Å². The van der Waals surface area contributed by atoms with Crippen LogP contribution in [0.1, 0.15) is 11.1 Å². The van der Waals surface area contributed by atoms with E-state index in [0.29, 0.717) is 0 Å². The van der Waals surface area contributed by atoms with Gasteiger partial charge < -0.3 is 10.6 Å². The molecule has 22 heavy (non-hydrogen) atoms. The van der Waals surface area contributed by atoms with E-state index in [9.17, 15) is 10.1 Å². The first-order valence-corrected chi connectivity index (χ1v) is 6.90. The van der Waals surface area contributed by atoms with Crippen LogP contribution in [0.2, 0.25) is 0 Å². The summed E-state index contributed by atoms with van der Waals surface area (Å²) in [6.07, 6.45) is 0. The molecule has 0 aliphatic carbocycles. The van der Waals surface area contributed by atoms with E-state index in [4.69, 9.17) is 0 Å². The second-order valence-electron chi connectivity index (χ2n) is 4.89. The molecular formula is C16H20ClN3O2. The molecule has 0 unspecified atom stereocenters. The van der Waals surface area contributed by atoms with Gasteiger partial charge in [-0.05, 0) is 24.6 Å². The largest absolute Gasteiger partial charge is 0.384 e. The number of benzene rings is 2. The minimum Gasteiger partial charge on any atom is -0.384 e. The van der Waals surface area contributed by atoms with Crippen molar-refractivity contribution in [3.8, 4) is 0 Å². The lowest BCUT2D eigenvalue weighted by molar-refractivity contribution is -0.384. The van der Waals surface area contributed by atoms with Crippen LogP contribution in [0.3, 0.4) is 0 Å². The van der Waals surface area contributed by atoms with Crippen molar-refractivity contribution in [2.24, 2.45) is 0 Å². The van der Waals surface area contributed by atoms with E-state index in [-0.39, 0.29) is 18.1 Å². The normalized spacial score (nSPS) is 9.86. The third kappa shape index (κ3) is 5.71. The molecule has 0 fully saturated rings. The molecule has 0 atom stereocenters. The SMILES string of the molecule is Cc1ccc(CNCCNc2ccc([N+](=O)[O-])cc2)cc1.Cl. The van der Waals surface area contributed by atoms with Crippen LogP contribution in [0, 0.1) is 17.0 Å². The van der Waals surface area contributed by atoms with Crippen LogP contribution in [0.5, 0.6) is 0 Å². The Morgan fingerprint density at radius 3 is 2.23 bits per heavy atom. The zero-order valence-corrected chi connectivity index (χ0v) is 13.2. The summed E-state index contributed by atoms with van der Waals surface area (Å²) in [5, 5.41) is 17.1. The van der Waals surface area contributed by atoms with E-state index in [2.05, 4.69) is 41.8 Å². The quantitative estimate of drug-likeness (QED) is 0.465. The van der Waals surface area contributed by atoms with Crippen LogP contribution in [-0.2, 0) is 6.54 Å². The summed E-state index contributed by atoms with van der Waals surface area (Å²) in [5.74, 6) is 0. The van der Waals surface area contributed by atoms with Crippen molar-refractivity contribution in [1.29, 1.82) is 0 Å². The Kier molecular flexibility index (Phi) is 7.36. The molecule has 0 radical (unpaired) electrons. The Labute approximate surface area is 136 Å². The fraction of sp³-hybridized carbons (Fsp3) is 0.250. The Morgan fingerprint density at radius 1 is 1.00 bits per heavy atom. The Bertz CT molecular complexity index is 585. The molecule has 6 heteroatoms. The maximum atomic E-state index is 10.5. The van der Waals surface area contributed by atoms with E-state index in [1.165, 1.54) is 23.3 Å². The third-order valence-corrected chi connectivity index (χ3v) is 3.16. The highest BCUT2D eigenvalue weighted by Crippen LogP contribution is 2.14. The molecule has 0 aliphatic rings. The topological polar surface area (TPSA) is 67.2 Å². The number of nitro groups is 1. The maximum Gasteiger partial charge on any atom is 0.269 e. The van der Waals surface area contributed by atoms with E-state index in [1.54, 1.807) is 12.1 Å². The first-order chi connectivity index (χ1) is 10.1. The Hall–Kier alpha value is -2.11. The molecule has 0 aromatic heterocycles. The first-order valence-electron chi connectivity index (χ1n) is 6.90. The predicted octanol–water partition coefficient (Wildman–Crippen LogP) is 3.53. The molecular weight excluding hydrogens is 302 g/mol. The number of halogens is 1. The number of hydrogen-bond acceptors (Lipinski definition) is 4. The predicted molar refractivity (Wildman–Crippen MR) is 91.7 cm³/mol. The highest BCUT2D eigenvalue weighted by atomic mass is 35.5. The second kappa shape index (κ2) is 9.02. The second-order valence-corrected chi connectivity index (χ2v) is 4.89. The van der Waals surface area contributed by atoms with Crippen LogP contribution in [-0.4, -0.2) is 18.0 Å². The van der Waals surface area contributed by atoms with Crippen LogP contribution < -0.4 is 10.6 Å². The monoisotopic (exact) mass is 321 g/mol. The number of hydrogen-bond donors (Lipinski definition) is 2. The lowest BCUT2D eigenvalue weighted by Gasteiger charge is -2.08. The summed E-state index contributed by atoms with van der Waals surface area (Å²) >= 11 is 0. The van der Waals surface area contributed by atoms with Gasteiger partial charge in [-0.1, -0.05) is 29.8 Å². The number of non-ortho nitro benzene ring substituents is 1. The minimum absolute atomic E-state index is 0. The summed E-state index contributed by atoms with van der Waals surface area (Å²) in [7, 11) is 0. The molecule has 0 saturated carbocycles. The molecule has 0 aliphatic heterocycles. The van der Waals surface area contributed by atoms with E-state index in [1.807, 2.05) is 0 Å². The van der Waals surface area contributed by atoms with Gasteiger partial charge in [-0.15, -0.1) is 12.4 Å². The molecule has 2 aromatic carbocycles. The van der Waals surface area contributed by atoms with Crippen molar-refractivity contribution < 1.29 is 4.92 Å². The van der Waals surface area contributed by atoms with E-state index < -0.39 is 4.92 Å². The molecule has 0 heterocycles. The average Bonchev–Trinajstić information content (AvgIpc) is 2.49. The van der Waals surface area contributed by atoms with Gasteiger partial charge in [0.2, 0.25) is 0 Å². The van der Waals surface area contributed by atoms with Gasteiger partial charge in [0.25, 0.3) is 5.69 Å². The molecule has 5 nitrogen and oxygen atoms in total. The van der Waals surface area contributed by atoms with Crippen LogP contribution in [0.15, 0.2) is 48.5 Å². The fourth-order valence-corrected chi connectivity index (χ4v) is 1.93. The Balaban J connectivity index is 0.00000242. The van der Waals surface area contributed by atoms with E-state index in [0.717, 1.165) is 25.3 Å². The van der Waals surface area contributed by atoms with Gasteiger partial charge in [-0.3, -0.25) is 10.1 Å². The molecule has 0 bridgehead atoms. The summed E-state index contributed by atoms with van der Waals surface area (Å²) in [6.45, 7) is 4.50. The number of anilines is 1. The summed E-state index contributed by atoms with van der Waals surface area (Å²) in [4.78, 5) is 10.1. The van der Waals surface area contributed by atoms with Crippen LogP contribution >= 0.6 is 12.4 Å². The summed E-state index contributed by atoms with van der Waals surface area (Å²) < 4.78 is 0. The molecule has 0 amide bonds. The van der Waals surface area contributed by atoms with Crippen molar-refractivity contribution in [3.05, 3.63) is 69.8 Å². The average molecular weight is 322 g/mol. The molecule has 118 valence electrons. The van der Waals surface area contributed by atoms with Crippen molar-refractivity contribution in [1.82, 2.24) is 5.32 Å². The smallest absolute Gasteiger partial charge is 0.269 e. The van der Waals surface area contributed by atoms with Gasteiger partial charge in [-0.25, -0.2) is 0 Å². The van der Waals surface area contributed by atoms with Gasteiger partial charge in [0.15, 0.2) is 0 Å². The fourth-order valence-electron chi connectivity index (χ4n) is 1.93. The molecule has 2 aromatic rings. The lowest BCUT2D eigenvalue weighted by atomic mass is 10.1. The maximum absolute atomic E-state index is 10.5. The number of nitrogens with one attached hydrogen (secondary N) is 2. The molecule has 2 rings (SSSR count). The van der Waals surface area contributed by atoms with Gasteiger partial charge in [0, 0.05) is 37.5 Å². The van der Waals surface area contributed by atoms with Gasteiger partial charge in [0.1, 0.15) is 0 Å². The molecule has 2 N–H and O–H groups in total. The number of aryl methyl sites for hydroxylation is 1. The van der Waals surface area contributed by atoms with Crippen molar-refractivity contribution in [2.75, 3.05) is 18.4 Å². The number of rotatable bonds is 7. The Morgan fingerprint density at radius 2 is 1.64 bits per heavy atom. The van der Waals surface area contributed by atoms with Crippen molar-refractivity contribution >= 4 is 23.8 Å². The molecule has 0 saturated heterocycles. The van der Waals surface area contributed by atoms with E-state index >= 15 is 0 Å². The van der Waals surface area contributed by atoms with Crippen LogP contribution in [0.4, 0.5) is 11.4 Å². The zero-order chi connectivity index (χ0) is 15.1. The minimum atomic E-state index is -0.396. The van der Waals surface area contributed by atoms with Gasteiger partial charge in [0.05, 0.1) is 4.92 Å². The summed E-state index contributed by atoms with van der Waals surface area (Å²) in [5.41, 5.74) is 3.52.